The molecule has 0 fully saturated rings. The summed E-state index contributed by atoms with van der Waals surface area (Å²) in [6, 6.07) is 6.41. The van der Waals surface area contributed by atoms with Crippen molar-refractivity contribution in [3.63, 3.8) is 0 Å². The van der Waals surface area contributed by atoms with Crippen LogP contribution in [0.1, 0.15) is 50.3 Å². The van der Waals surface area contributed by atoms with Crippen LogP contribution >= 0.6 is 0 Å². The third kappa shape index (κ3) is 7.13. The van der Waals surface area contributed by atoms with Crippen molar-refractivity contribution in [3.05, 3.63) is 53.6 Å². The number of rotatable bonds is 10. The minimum Gasteiger partial charge on any atom is -0.492 e. The fourth-order valence-electron chi connectivity index (χ4n) is 3.33. The second-order valence-corrected chi connectivity index (χ2v) is 8.82. The van der Waals surface area contributed by atoms with E-state index in [4.69, 9.17) is 4.74 Å². The Bertz CT molecular complexity index is 757. The maximum absolute atomic E-state index is 11.7. The van der Waals surface area contributed by atoms with Crippen LogP contribution in [0, 0.1) is 0 Å². The molecule has 1 unspecified atom stereocenters. The Hall–Kier alpha value is -1.63. The van der Waals surface area contributed by atoms with Crippen LogP contribution in [-0.2, 0) is 16.4 Å². The summed E-state index contributed by atoms with van der Waals surface area (Å²) in [7, 11) is -3.19. The zero-order valence-electron chi connectivity index (χ0n) is 16.5. The van der Waals surface area contributed by atoms with E-state index in [1.165, 1.54) is 11.1 Å². The molecule has 1 heterocycles. The molecule has 150 valence electrons. The highest BCUT2D eigenvalue weighted by Crippen LogP contribution is 2.30. The van der Waals surface area contributed by atoms with Gasteiger partial charge in [0.25, 0.3) is 0 Å². The molecule has 6 heteroatoms. The highest BCUT2D eigenvalue weighted by atomic mass is 32.2. The number of aryl methyl sites for hydroxylation is 1. The van der Waals surface area contributed by atoms with E-state index in [1.807, 2.05) is 26.0 Å². The Morgan fingerprint density at radius 2 is 2.26 bits per heavy atom. The lowest BCUT2D eigenvalue weighted by atomic mass is 9.94. The summed E-state index contributed by atoms with van der Waals surface area (Å²) in [6.45, 7) is 9.56. The summed E-state index contributed by atoms with van der Waals surface area (Å²) < 4.78 is 31.7. The lowest BCUT2D eigenvalue weighted by molar-refractivity contribution is 0.322. The van der Waals surface area contributed by atoms with Crippen molar-refractivity contribution >= 4 is 10.0 Å². The molecule has 0 bridgehead atoms. The number of sulfonamides is 1. The van der Waals surface area contributed by atoms with Gasteiger partial charge in [-0.3, -0.25) is 0 Å². The van der Waals surface area contributed by atoms with Crippen LogP contribution in [0.15, 0.2) is 42.5 Å². The first kappa shape index (κ1) is 21.7. The van der Waals surface area contributed by atoms with E-state index in [0.717, 1.165) is 37.1 Å². The van der Waals surface area contributed by atoms with Crippen LogP contribution in [0.4, 0.5) is 0 Å². The molecule has 0 saturated carbocycles. The smallest absolute Gasteiger partial charge is 0.211 e. The van der Waals surface area contributed by atoms with E-state index in [0.29, 0.717) is 13.0 Å². The molecule has 0 aliphatic carbocycles. The first-order valence-electron chi connectivity index (χ1n) is 9.72. The molecule has 2 rings (SSSR count). The van der Waals surface area contributed by atoms with Crippen molar-refractivity contribution in [3.8, 4) is 5.75 Å². The molecule has 5 nitrogen and oxygen atoms in total. The molecule has 0 amide bonds. The monoisotopic (exact) mass is 392 g/mol. The zero-order chi connectivity index (χ0) is 19.7. The first-order chi connectivity index (χ1) is 12.9. The van der Waals surface area contributed by atoms with E-state index < -0.39 is 10.0 Å². The Labute approximate surface area is 163 Å². The molecule has 27 heavy (non-hydrogen) atoms. The molecule has 2 N–H and O–H groups in total. The van der Waals surface area contributed by atoms with Crippen molar-refractivity contribution < 1.29 is 13.2 Å². The zero-order valence-corrected chi connectivity index (χ0v) is 17.3. The van der Waals surface area contributed by atoms with Crippen LogP contribution in [0.2, 0.25) is 0 Å². The number of fused-ring (bicyclic) bond motifs is 1. The SMILES string of the molecule is C=C(/C=C\C)CC1NCCCc2ccc(OCCNS(=O)(=O)CCC)cc21. The second-order valence-electron chi connectivity index (χ2n) is 6.89. The number of benzene rings is 1. The first-order valence-corrected chi connectivity index (χ1v) is 11.4. The van der Waals surface area contributed by atoms with Crippen molar-refractivity contribution in [1.82, 2.24) is 10.0 Å². The lowest BCUT2D eigenvalue weighted by Crippen LogP contribution is -2.30. The number of hydrogen-bond donors (Lipinski definition) is 2. The van der Waals surface area contributed by atoms with E-state index in [9.17, 15) is 8.42 Å². The van der Waals surface area contributed by atoms with Gasteiger partial charge < -0.3 is 10.1 Å². The van der Waals surface area contributed by atoms with Gasteiger partial charge in [-0.2, -0.15) is 0 Å². The summed E-state index contributed by atoms with van der Waals surface area (Å²) in [4.78, 5) is 0. The lowest BCUT2D eigenvalue weighted by Gasteiger charge is -2.20. The molecule has 1 aromatic rings. The van der Waals surface area contributed by atoms with Gasteiger partial charge in [-0.05, 0) is 62.4 Å². The summed E-state index contributed by atoms with van der Waals surface area (Å²) in [5.41, 5.74) is 3.69. The average molecular weight is 393 g/mol. The fourth-order valence-corrected chi connectivity index (χ4v) is 4.41. The van der Waals surface area contributed by atoms with Gasteiger partial charge in [0.05, 0.1) is 5.75 Å². The normalized spacial score (nSPS) is 17.5. The third-order valence-electron chi connectivity index (χ3n) is 4.54. The summed E-state index contributed by atoms with van der Waals surface area (Å²) in [6.07, 6.45) is 7.69. The molecule has 0 saturated heterocycles. The minimum atomic E-state index is -3.19. The minimum absolute atomic E-state index is 0.148. The van der Waals surface area contributed by atoms with Gasteiger partial charge in [-0.15, -0.1) is 0 Å². The Morgan fingerprint density at radius 3 is 3.00 bits per heavy atom. The van der Waals surface area contributed by atoms with Crippen LogP contribution in [0.5, 0.6) is 5.75 Å². The molecule has 1 aliphatic heterocycles. The Morgan fingerprint density at radius 1 is 1.44 bits per heavy atom. The summed E-state index contributed by atoms with van der Waals surface area (Å²) in [5, 5.41) is 3.61. The standard InChI is InChI=1S/C21H32N2O3S/c1-4-7-17(3)15-21-20-16-19(10-9-18(20)8-6-11-22-21)26-13-12-23-27(24,25)14-5-2/h4,7,9-10,16,21-23H,3,5-6,8,11-15H2,1-2H3/b7-4-. The molecule has 0 aromatic heterocycles. The van der Waals surface area contributed by atoms with Gasteiger partial charge in [0, 0.05) is 12.6 Å². The highest BCUT2D eigenvalue weighted by Gasteiger charge is 2.19. The second kappa shape index (κ2) is 10.6. The summed E-state index contributed by atoms with van der Waals surface area (Å²) >= 11 is 0. The largest absolute Gasteiger partial charge is 0.492 e. The predicted octanol–water partition coefficient (Wildman–Crippen LogP) is 3.49. The molecule has 1 atom stereocenters. The number of hydrogen-bond acceptors (Lipinski definition) is 4. The van der Waals surface area contributed by atoms with Crippen molar-refractivity contribution in [2.45, 2.75) is 45.6 Å². The molecule has 1 aliphatic rings. The fraction of sp³-hybridized carbons (Fsp3) is 0.524. The van der Waals surface area contributed by atoms with Gasteiger partial charge in [0.2, 0.25) is 10.0 Å². The molecular formula is C21H32N2O3S. The third-order valence-corrected chi connectivity index (χ3v) is 6.13. The Balaban J connectivity index is 2.02. The molecule has 0 radical (unpaired) electrons. The molecule has 1 aromatic carbocycles. The number of allylic oxidation sites excluding steroid dienone is 2. The van der Waals surface area contributed by atoms with Crippen LogP contribution in [-0.4, -0.2) is 33.9 Å². The van der Waals surface area contributed by atoms with Gasteiger partial charge in [0.1, 0.15) is 12.4 Å². The molecule has 0 spiro atoms. The maximum atomic E-state index is 11.7. The summed E-state index contributed by atoms with van der Waals surface area (Å²) in [5.74, 6) is 0.920. The maximum Gasteiger partial charge on any atom is 0.211 e. The van der Waals surface area contributed by atoms with Gasteiger partial charge in [-0.1, -0.05) is 37.3 Å². The quantitative estimate of drug-likeness (QED) is 0.472. The highest BCUT2D eigenvalue weighted by molar-refractivity contribution is 7.89. The van der Waals surface area contributed by atoms with Crippen LogP contribution in [0.25, 0.3) is 0 Å². The molecular weight excluding hydrogens is 360 g/mol. The van der Waals surface area contributed by atoms with E-state index in [1.54, 1.807) is 0 Å². The van der Waals surface area contributed by atoms with Gasteiger partial charge in [-0.25, -0.2) is 13.1 Å². The van der Waals surface area contributed by atoms with Gasteiger partial charge >= 0.3 is 0 Å². The van der Waals surface area contributed by atoms with Gasteiger partial charge in [0.15, 0.2) is 0 Å². The van der Waals surface area contributed by atoms with E-state index >= 15 is 0 Å². The number of ether oxygens (including phenoxy) is 1. The number of nitrogens with one attached hydrogen (secondary N) is 2. The Kier molecular flexibility index (Phi) is 8.54. The topological polar surface area (TPSA) is 67.4 Å². The van der Waals surface area contributed by atoms with Crippen molar-refractivity contribution in [2.75, 3.05) is 25.4 Å². The van der Waals surface area contributed by atoms with Crippen LogP contribution < -0.4 is 14.8 Å². The van der Waals surface area contributed by atoms with Crippen molar-refractivity contribution in [2.24, 2.45) is 0 Å². The predicted molar refractivity (Wildman–Crippen MR) is 112 cm³/mol. The van der Waals surface area contributed by atoms with Crippen LogP contribution in [0.3, 0.4) is 0 Å². The van der Waals surface area contributed by atoms with E-state index in [2.05, 4.69) is 34.8 Å². The average Bonchev–Trinajstić information content (AvgIpc) is 2.81. The van der Waals surface area contributed by atoms with E-state index in [-0.39, 0.29) is 18.3 Å². The van der Waals surface area contributed by atoms with Crippen molar-refractivity contribution in [1.29, 1.82) is 0 Å².